The molecule has 3 saturated heterocycles. The van der Waals surface area contributed by atoms with Crippen molar-refractivity contribution in [3.8, 4) is 5.75 Å². The number of aliphatic imine (C=N–C) groups is 1. The Morgan fingerprint density at radius 3 is 2.43 bits per heavy atom. The second-order valence-electron chi connectivity index (χ2n) is 12.6. The number of ether oxygens (including phenoxy) is 2. The fourth-order valence-electron chi connectivity index (χ4n) is 6.55. The van der Waals surface area contributed by atoms with Crippen LogP contribution < -0.4 is 15.0 Å². The maximum absolute atomic E-state index is 13.9. The number of aromatic nitrogens is 1. The topological polar surface area (TPSA) is 117 Å². The van der Waals surface area contributed by atoms with Crippen LogP contribution in [0.2, 0.25) is 0 Å². The molecule has 3 aliphatic heterocycles. The van der Waals surface area contributed by atoms with E-state index >= 15 is 0 Å². The predicted molar refractivity (Wildman–Crippen MR) is 198 cm³/mol. The summed E-state index contributed by atoms with van der Waals surface area (Å²) in [5.41, 5.74) is 4.93. The molecule has 7 rings (SSSR count). The number of anilines is 2. The molecule has 2 atom stereocenters. The van der Waals surface area contributed by atoms with Gasteiger partial charge in [-0.25, -0.2) is 4.99 Å². The molecule has 4 heterocycles. The highest BCUT2D eigenvalue weighted by Gasteiger charge is 2.39. The van der Waals surface area contributed by atoms with Crippen LogP contribution in [-0.2, 0) is 32.1 Å². The molecule has 0 saturated carbocycles. The highest BCUT2D eigenvalue weighted by Crippen LogP contribution is 2.41. The number of carbonyl (C=O) groups excluding carboxylic acids is 3. The molecule has 0 aliphatic carbocycles. The van der Waals surface area contributed by atoms with Crippen LogP contribution in [0.5, 0.6) is 5.75 Å². The first-order chi connectivity index (χ1) is 24.9. The van der Waals surface area contributed by atoms with Gasteiger partial charge in [0.2, 0.25) is 17.7 Å². The Morgan fingerprint density at radius 1 is 0.961 bits per heavy atom. The van der Waals surface area contributed by atoms with E-state index in [4.69, 9.17) is 14.5 Å². The number of likely N-dealkylation sites (tertiary alicyclic amines) is 1. The second-order valence-corrected chi connectivity index (χ2v) is 13.7. The largest absolute Gasteiger partial charge is 0.497 e. The molecule has 262 valence electrons. The van der Waals surface area contributed by atoms with Crippen LogP contribution in [0, 0.1) is 0 Å². The highest BCUT2D eigenvalue weighted by atomic mass is 32.2. The Balaban J connectivity index is 1.03. The number of rotatable bonds is 10. The standard InChI is InChI=1S/C39H40N6O5S/c1-49-33-17-7-27(8-18-33)25-35(46)44-20-4-6-34(44)37(47)41-29-11-9-28(10-12-29)36-38(48)45(26-31-5-2-3-19-40-31)39(51-36)42-30-13-15-32(16-14-30)43-21-23-50-24-22-43/h2-3,5,7-19,34,36H,4,6,20-26H2,1H3,(H,41,47)/b42-39-/t34-,36?/m0/s1. The van der Waals surface area contributed by atoms with Crippen LogP contribution >= 0.6 is 11.8 Å². The zero-order valence-corrected chi connectivity index (χ0v) is 29.3. The van der Waals surface area contributed by atoms with E-state index in [-0.39, 0.29) is 24.1 Å². The summed E-state index contributed by atoms with van der Waals surface area (Å²) in [6.07, 6.45) is 3.31. The van der Waals surface area contributed by atoms with Crippen LogP contribution in [-0.4, -0.2) is 83.7 Å². The first kappa shape index (κ1) is 34.3. The average Bonchev–Trinajstić information content (AvgIpc) is 3.79. The quantitative estimate of drug-likeness (QED) is 0.227. The molecule has 51 heavy (non-hydrogen) atoms. The summed E-state index contributed by atoms with van der Waals surface area (Å²) in [4.78, 5) is 55.5. The number of morpholine rings is 1. The van der Waals surface area contributed by atoms with Crippen LogP contribution in [0.3, 0.4) is 0 Å². The van der Waals surface area contributed by atoms with Gasteiger partial charge in [0.1, 0.15) is 17.0 Å². The fraction of sp³-hybridized carbons (Fsp3) is 0.308. The van der Waals surface area contributed by atoms with Crippen molar-refractivity contribution < 1.29 is 23.9 Å². The van der Waals surface area contributed by atoms with E-state index in [2.05, 4.69) is 27.3 Å². The number of benzene rings is 3. The van der Waals surface area contributed by atoms with E-state index in [1.165, 1.54) is 11.8 Å². The molecule has 4 aromatic rings. The lowest BCUT2D eigenvalue weighted by Gasteiger charge is -2.28. The van der Waals surface area contributed by atoms with E-state index in [0.29, 0.717) is 43.6 Å². The van der Waals surface area contributed by atoms with Gasteiger partial charge in [0.15, 0.2) is 5.17 Å². The maximum atomic E-state index is 13.9. The summed E-state index contributed by atoms with van der Waals surface area (Å²) in [7, 11) is 1.60. The number of carbonyl (C=O) groups is 3. The third-order valence-electron chi connectivity index (χ3n) is 9.31. The van der Waals surface area contributed by atoms with Gasteiger partial charge < -0.3 is 24.6 Å². The minimum Gasteiger partial charge on any atom is -0.497 e. The van der Waals surface area contributed by atoms with Crippen molar-refractivity contribution in [3.05, 3.63) is 114 Å². The van der Waals surface area contributed by atoms with Gasteiger partial charge in [-0.3, -0.25) is 24.3 Å². The van der Waals surface area contributed by atoms with E-state index in [1.807, 2.05) is 78.9 Å². The number of nitrogens with one attached hydrogen (secondary N) is 1. The molecule has 3 fully saturated rings. The molecular formula is C39H40N6O5S. The second kappa shape index (κ2) is 15.8. The summed E-state index contributed by atoms with van der Waals surface area (Å²) in [6, 6.07) is 27.9. The van der Waals surface area contributed by atoms with E-state index in [1.54, 1.807) is 23.1 Å². The summed E-state index contributed by atoms with van der Waals surface area (Å²) in [5.74, 6) is 0.353. The molecule has 3 aromatic carbocycles. The van der Waals surface area contributed by atoms with E-state index in [9.17, 15) is 14.4 Å². The van der Waals surface area contributed by atoms with Gasteiger partial charge in [0.25, 0.3) is 0 Å². The van der Waals surface area contributed by atoms with Gasteiger partial charge in [0.05, 0.1) is 44.7 Å². The molecule has 0 spiro atoms. The van der Waals surface area contributed by atoms with E-state index < -0.39 is 11.3 Å². The molecule has 1 aromatic heterocycles. The monoisotopic (exact) mass is 704 g/mol. The lowest BCUT2D eigenvalue weighted by Crippen LogP contribution is -2.43. The normalized spacial score (nSPS) is 19.8. The Bertz CT molecular complexity index is 1870. The van der Waals surface area contributed by atoms with Crippen LogP contribution in [0.4, 0.5) is 17.1 Å². The molecule has 12 heteroatoms. The molecule has 0 radical (unpaired) electrons. The lowest BCUT2D eigenvalue weighted by molar-refractivity contribution is -0.136. The molecule has 0 bridgehead atoms. The van der Waals surface area contributed by atoms with Gasteiger partial charge in [0, 0.05) is 37.2 Å². The van der Waals surface area contributed by atoms with Crippen molar-refractivity contribution in [2.24, 2.45) is 4.99 Å². The van der Waals surface area contributed by atoms with Crippen LogP contribution in [0.25, 0.3) is 0 Å². The number of hydrogen-bond acceptors (Lipinski definition) is 9. The first-order valence-electron chi connectivity index (χ1n) is 17.2. The van der Waals surface area contributed by atoms with Crippen molar-refractivity contribution in [2.75, 3.05) is 50.2 Å². The van der Waals surface area contributed by atoms with Crippen LogP contribution in [0.1, 0.15) is 34.9 Å². The molecule has 3 amide bonds. The third-order valence-corrected chi connectivity index (χ3v) is 10.5. The SMILES string of the molecule is COc1ccc(CC(=O)N2CCC[C@H]2C(=O)Nc2ccc(C3S/C(=N\c4ccc(N5CCOCC5)cc4)N(Cc4ccccn4)C3=O)cc2)cc1. The Labute approximate surface area is 301 Å². The average molecular weight is 705 g/mol. The van der Waals surface area contributed by atoms with Gasteiger partial charge in [-0.1, -0.05) is 42.1 Å². The van der Waals surface area contributed by atoms with Crippen molar-refractivity contribution in [3.63, 3.8) is 0 Å². The number of amidine groups is 1. The van der Waals surface area contributed by atoms with Crippen molar-refractivity contribution in [2.45, 2.75) is 37.1 Å². The zero-order valence-electron chi connectivity index (χ0n) is 28.4. The Hall–Kier alpha value is -5.20. The number of methoxy groups -OCH3 is 1. The van der Waals surface area contributed by atoms with Crippen molar-refractivity contribution in [1.82, 2.24) is 14.8 Å². The summed E-state index contributed by atoms with van der Waals surface area (Å²) in [6.45, 7) is 3.98. The van der Waals surface area contributed by atoms with E-state index in [0.717, 1.165) is 53.5 Å². The lowest BCUT2D eigenvalue weighted by atomic mass is 10.1. The molecular weight excluding hydrogens is 665 g/mol. The summed E-state index contributed by atoms with van der Waals surface area (Å²) >= 11 is 1.41. The van der Waals surface area contributed by atoms with Crippen molar-refractivity contribution in [1.29, 1.82) is 0 Å². The summed E-state index contributed by atoms with van der Waals surface area (Å²) < 4.78 is 10.7. The van der Waals surface area contributed by atoms with Gasteiger partial charge in [-0.15, -0.1) is 0 Å². The maximum Gasteiger partial charge on any atom is 0.247 e. The minimum absolute atomic E-state index is 0.0781. The fourth-order valence-corrected chi connectivity index (χ4v) is 7.72. The molecule has 1 unspecified atom stereocenters. The van der Waals surface area contributed by atoms with Crippen molar-refractivity contribution >= 4 is 51.7 Å². The number of amides is 3. The Kier molecular flexibility index (Phi) is 10.6. The molecule has 3 aliphatic rings. The number of thioether (sulfide) groups is 1. The molecule has 11 nitrogen and oxygen atoms in total. The highest BCUT2D eigenvalue weighted by molar-refractivity contribution is 8.15. The Morgan fingerprint density at radius 2 is 1.73 bits per heavy atom. The minimum atomic E-state index is -0.538. The number of hydrogen-bond donors (Lipinski definition) is 1. The van der Waals surface area contributed by atoms with Crippen LogP contribution in [0.15, 0.2) is 102 Å². The third kappa shape index (κ3) is 8.08. The first-order valence-corrected chi connectivity index (χ1v) is 18.1. The number of pyridine rings is 1. The number of nitrogens with zero attached hydrogens (tertiary/aromatic N) is 5. The predicted octanol–water partition coefficient (Wildman–Crippen LogP) is 5.60. The van der Waals surface area contributed by atoms with Gasteiger partial charge in [-0.05, 0) is 84.6 Å². The van der Waals surface area contributed by atoms with Gasteiger partial charge >= 0.3 is 0 Å². The molecule has 1 N–H and O–H groups in total. The smallest absolute Gasteiger partial charge is 0.247 e. The zero-order chi connectivity index (χ0) is 35.2. The van der Waals surface area contributed by atoms with Gasteiger partial charge in [-0.2, -0.15) is 0 Å². The summed E-state index contributed by atoms with van der Waals surface area (Å²) in [5, 5.41) is 3.09.